The summed E-state index contributed by atoms with van der Waals surface area (Å²) < 4.78 is 2.56. The van der Waals surface area contributed by atoms with E-state index in [-0.39, 0.29) is 0 Å². The van der Waals surface area contributed by atoms with Crippen molar-refractivity contribution >= 4 is 60.4 Å². The number of fused-ring (bicyclic) bond motifs is 10. The summed E-state index contributed by atoms with van der Waals surface area (Å²) in [5.41, 5.74) is 18.8. The van der Waals surface area contributed by atoms with Crippen LogP contribution in [0.5, 0.6) is 0 Å². The number of hydrogen-bond acceptors (Lipinski definition) is 1. The predicted molar refractivity (Wildman–Crippen MR) is 299 cm³/mol. The number of nitrogens with zero attached hydrogens (tertiary/aromatic N) is 2. The molecule has 2 nitrogen and oxygen atoms in total. The minimum atomic E-state index is -0.472. The first kappa shape index (κ1) is 40.8. The van der Waals surface area contributed by atoms with Crippen LogP contribution in [0.4, 0.5) is 17.1 Å². The molecule has 0 bridgehead atoms. The van der Waals surface area contributed by atoms with Crippen molar-refractivity contribution in [2.24, 2.45) is 0 Å². The van der Waals surface area contributed by atoms with Gasteiger partial charge in [0.05, 0.1) is 16.4 Å². The Labute approximate surface area is 413 Å². The molecule has 0 saturated heterocycles. The summed E-state index contributed by atoms with van der Waals surface area (Å²) in [6, 6.07) is 103. The fourth-order valence-electron chi connectivity index (χ4n) is 12.0. The van der Waals surface area contributed by atoms with E-state index in [0.717, 1.165) is 22.7 Å². The van der Waals surface area contributed by atoms with Gasteiger partial charge in [-0.15, -0.1) is 0 Å². The Balaban J connectivity index is 0.966. The molecule has 13 aromatic rings. The van der Waals surface area contributed by atoms with Crippen LogP contribution in [0.25, 0.3) is 82.4 Å². The predicted octanol–water partition coefficient (Wildman–Crippen LogP) is 18.3. The first-order chi connectivity index (χ1) is 35.2. The summed E-state index contributed by atoms with van der Waals surface area (Å²) in [4.78, 5) is 2.32. The average Bonchev–Trinajstić information content (AvgIpc) is 3.95. The Morgan fingerprint density at radius 3 is 1.58 bits per heavy atom. The first-order valence-corrected chi connectivity index (χ1v) is 24.6. The summed E-state index contributed by atoms with van der Waals surface area (Å²) in [5, 5.41) is 7.46. The van der Waals surface area contributed by atoms with Crippen molar-refractivity contribution in [1.82, 2.24) is 4.57 Å². The number of hydrogen-bond donors (Lipinski definition) is 0. The standard InChI is InChI=1S/C69H46N2/c1-5-22-51(23-6-1)69(52-24-7-2-8-25-52)64-35-18-17-33-59(64)63-45-56(41-43-65(63)69)71-66-46-62(58-32-15-16-34-60(58)67(66)61-42-40-48-20-13-14-31-57(48)68(61)71)49-38-36-47(37-39-49)50-21-19-30-55(44-50)70(53-26-9-3-10-27-53)54-28-11-4-12-29-54/h1-46H. The van der Waals surface area contributed by atoms with Crippen molar-refractivity contribution in [2.75, 3.05) is 4.90 Å². The summed E-state index contributed by atoms with van der Waals surface area (Å²) in [6.07, 6.45) is 0. The Kier molecular flexibility index (Phi) is 9.47. The molecule has 2 heteroatoms. The average molecular weight is 903 g/mol. The molecule has 0 radical (unpaired) electrons. The molecular weight excluding hydrogens is 857 g/mol. The fraction of sp³-hybridized carbons (Fsp3) is 0.0145. The van der Waals surface area contributed by atoms with E-state index in [4.69, 9.17) is 0 Å². The second kappa shape index (κ2) is 16.5. The van der Waals surface area contributed by atoms with Crippen LogP contribution in [0.1, 0.15) is 22.3 Å². The lowest BCUT2D eigenvalue weighted by molar-refractivity contribution is 0.768. The first-order valence-electron chi connectivity index (χ1n) is 24.6. The SMILES string of the molecule is c1ccc(N(c2ccccc2)c2cccc(-c3ccc(-c4cc5c(c6ccccc46)c4ccc6ccccc6c4n5-c4ccc5c(c4)-c4ccccc4C5(c4ccccc4)c4ccccc4)cc3)c2)cc1. The summed E-state index contributed by atoms with van der Waals surface area (Å²) in [7, 11) is 0. The lowest BCUT2D eigenvalue weighted by Crippen LogP contribution is -2.28. The number of rotatable bonds is 8. The minimum absolute atomic E-state index is 0.472. The molecule has 0 unspecified atom stereocenters. The zero-order chi connectivity index (χ0) is 46.9. The third kappa shape index (κ3) is 6.35. The second-order valence-electron chi connectivity index (χ2n) is 18.8. The van der Waals surface area contributed by atoms with Crippen LogP contribution < -0.4 is 4.90 Å². The second-order valence-corrected chi connectivity index (χ2v) is 18.8. The lowest BCUT2D eigenvalue weighted by atomic mass is 9.68. The monoisotopic (exact) mass is 902 g/mol. The van der Waals surface area contributed by atoms with Crippen molar-refractivity contribution in [1.29, 1.82) is 0 Å². The van der Waals surface area contributed by atoms with Gasteiger partial charge in [-0.05, 0) is 126 Å². The molecule has 12 aromatic carbocycles. The zero-order valence-electron chi connectivity index (χ0n) is 39.0. The van der Waals surface area contributed by atoms with Crippen LogP contribution in [0, 0.1) is 0 Å². The van der Waals surface area contributed by atoms with E-state index in [1.807, 2.05) is 0 Å². The molecule has 0 amide bonds. The van der Waals surface area contributed by atoms with Crippen molar-refractivity contribution in [2.45, 2.75) is 5.41 Å². The van der Waals surface area contributed by atoms with Crippen molar-refractivity contribution in [3.8, 4) is 39.1 Å². The van der Waals surface area contributed by atoms with E-state index in [2.05, 4.69) is 289 Å². The molecule has 0 aliphatic heterocycles. The molecule has 0 atom stereocenters. The van der Waals surface area contributed by atoms with E-state index < -0.39 is 5.41 Å². The van der Waals surface area contributed by atoms with Gasteiger partial charge >= 0.3 is 0 Å². The highest BCUT2D eigenvalue weighted by atomic mass is 15.1. The summed E-state index contributed by atoms with van der Waals surface area (Å²) in [5.74, 6) is 0. The maximum atomic E-state index is 2.56. The van der Waals surface area contributed by atoms with Gasteiger partial charge in [-0.3, -0.25) is 0 Å². The number of benzene rings is 12. The van der Waals surface area contributed by atoms with E-state index in [0.29, 0.717) is 0 Å². The Morgan fingerprint density at radius 1 is 0.310 bits per heavy atom. The number of aromatic nitrogens is 1. The van der Waals surface area contributed by atoms with Crippen molar-refractivity contribution < 1.29 is 0 Å². The molecular formula is C69H46N2. The van der Waals surface area contributed by atoms with Crippen molar-refractivity contribution in [3.63, 3.8) is 0 Å². The summed E-state index contributed by atoms with van der Waals surface area (Å²) >= 11 is 0. The van der Waals surface area contributed by atoms with Gasteiger partial charge in [0.15, 0.2) is 0 Å². The van der Waals surface area contributed by atoms with Crippen LogP contribution in [0.3, 0.4) is 0 Å². The van der Waals surface area contributed by atoms with Crippen LogP contribution in [-0.4, -0.2) is 4.57 Å². The van der Waals surface area contributed by atoms with Gasteiger partial charge in [-0.25, -0.2) is 0 Å². The van der Waals surface area contributed by atoms with Gasteiger partial charge in [0.1, 0.15) is 0 Å². The van der Waals surface area contributed by atoms with Gasteiger partial charge in [0, 0.05) is 38.9 Å². The molecule has 1 aliphatic carbocycles. The van der Waals surface area contributed by atoms with E-state index >= 15 is 0 Å². The molecule has 0 N–H and O–H groups in total. The molecule has 1 heterocycles. The third-order valence-corrected chi connectivity index (χ3v) is 15.0. The van der Waals surface area contributed by atoms with Crippen molar-refractivity contribution in [3.05, 3.63) is 301 Å². The van der Waals surface area contributed by atoms with Crippen LogP contribution in [-0.2, 0) is 5.41 Å². The largest absolute Gasteiger partial charge is 0.310 e. The van der Waals surface area contributed by atoms with Crippen LogP contribution in [0.2, 0.25) is 0 Å². The Bertz CT molecular complexity index is 4060. The highest BCUT2D eigenvalue weighted by Crippen LogP contribution is 2.57. The highest BCUT2D eigenvalue weighted by molar-refractivity contribution is 6.28. The molecule has 14 rings (SSSR count). The molecule has 71 heavy (non-hydrogen) atoms. The Hall–Kier alpha value is -9.24. The van der Waals surface area contributed by atoms with E-state index in [9.17, 15) is 0 Å². The smallest absolute Gasteiger partial charge is 0.0713 e. The quantitative estimate of drug-likeness (QED) is 0.147. The minimum Gasteiger partial charge on any atom is -0.310 e. The molecule has 1 aromatic heterocycles. The van der Waals surface area contributed by atoms with Gasteiger partial charge in [-0.1, -0.05) is 224 Å². The summed E-state index contributed by atoms with van der Waals surface area (Å²) in [6.45, 7) is 0. The lowest BCUT2D eigenvalue weighted by Gasteiger charge is -2.33. The van der Waals surface area contributed by atoms with E-state index in [1.165, 1.54) is 99.0 Å². The molecule has 0 spiro atoms. The number of para-hydroxylation sites is 2. The third-order valence-electron chi connectivity index (χ3n) is 15.0. The van der Waals surface area contributed by atoms with Gasteiger partial charge in [0.25, 0.3) is 0 Å². The highest BCUT2D eigenvalue weighted by Gasteiger charge is 2.46. The maximum Gasteiger partial charge on any atom is 0.0713 e. The Morgan fingerprint density at radius 2 is 0.873 bits per heavy atom. The van der Waals surface area contributed by atoms with Gasteiger partial charge < -0.3 is 9.47 Å². The maximum absolute atomic E-state index is 2.56. The molecule has 0 fully saturated rings. The molecule has 1 aliphatic rings. The van der Waals surface area contributed by atoms with Gasteiger partial charge in [0.2, 0.25) is 0 Å². The van der Waals surface area contributed by atoms with Gasteiger partial charge in [-0.2, -0.15) is 0 Å². The number of anilines is 3. The topological polar surface area (TPSA) is 8.17 Å². The van der Waals surface area contributed by atoms with Crippen LogP contribution >= 0.6 is 0 Å². The normalized spacial score (nSPS) is 12.6. The fourth-order valence-corrected chi connectivity index (χ4v) is 12.0. The molecule has 0 saturated carbocycles. The van der Waals surface area contributed by atoms with E-state index in [1.54, 1.807) is 0 Å². The molecule has 332 valence electrons. The van der Waals surface area contributed by atoms with Crippen LogP contribution in [0.15, 0.2) is 279 Å². The zero-order valence-corrected chi connectivity index (χ0v) is 39.0.